The lowest BCUT2D eigenvalue weighted by molar-refractivity contribution is 0.187. The average molecular weight is 356 g/mol. The minimum atomic E-state index is -0.488. The molecule has 0 saturated carbocycles. The van der Waals surface area contributed by atoms with Gasteiger partial charge in [-0.3, -0.25) is 10.3 Å². The Bertz CT molecular complexity index is 702. The fourth-order valence-corrected chi connectivity index (χ4v) is 2.14. The Morgan fingerprint density at radius 1 is 1.04 bits per heavy atom. The Kier molecular flexibility index (Phi) is 7.79. The molecule has 0 bridgehead atoms. The van der Waals surface area contributed by atoms with Crippen LogP contribution in [-0.4, -0.2) is 39.4 Å². The molecule has 0 aliphatic heterocycles. The lowest BCUT2D eigenvalue weighted by atomic mass is 10.2. The maximum absolute atomic E-state index is 11.2. The lowest BCUT2D eigenvalue weighted by Gasteiger charge is -2.13. The minimum absolute atomic E-state index is 0.488. The highest BCUT2D eigenvalue weighted by Gasteiger charge is 2.02. The van der Waals surface area contributed by atoms with Crippen LogP contribution in [0.1, 0.15) is 5.56 Å². The molecule has 2 rings (SSSR count). The van der Waals surface area contributed by atoms with Gasteiger partial charge < -0.3 is 20.1 Å². The van der Waals surface area contributed by atoms with E-state index in [2.05, 4.69) is 25.7 Å². The summed E-state index contributed by atoms with van der Waals surface area (Å²) in [6.07, 6.45) is -0.488. The highest BCUT2D eigenvalue weighted by atomic mass is 16.5. The number of rotatable bonds is 7. The Balaban J connectivity index is 1.70. The number of hydrogen-bond acceptors (Lipinski definition) is 4. The number of methoxy groups -OCH3 is 1. The van der Waals surface area contributed by atoms with Crippen molar-refractivity contribution in [2.75, 3.05) is 32.6 Å². The molecule has 0 heterocycles. The topological polar surface area (TPSA) is 84.0 Å². The molecule has 7 heteroatoms. The van der Waals surface area contributed by atoms with Gasteiger partial charge in [0.05, 0.1) is 13.7 Å². The molecule has 0 aromatic heterocycles. The van der Waals surface area contributed by atoms with Crippen LogP contribution in [-0.2, 0) is 11.3 Å². The largest absolute Gasteiger partial charge is 0.492 e. The van der Waals surface area contributed by atoms with Gasteiger partial charge in [0, 0.05) is 19.3 Å². The van der Waals surface area contributed by atoms with Crippen LogP contribution in [0.2, 0.25) is 0 Å². The number of carbonyl (C=O) groups is 1. The number of ether oxygens (including phenoxy) is 2. The molecule has 0 radical (unpaired) electrons. The van der Waals surface area contributed by atoms with Crippen LogP contribution in [0.15, 0.2) is 59.6 Å². The summed E-state index contributed by atoms with van der Waals surface area (Å²) in [5.41, 5.74) is 1.74. The van der Waals surface area contributed by atoms with E-state index in [4.69, 9.17) is 4.74 Å². The van der Waals surface area contributed by atoms with Crippen LogP contribution in [0.4, 0.5) is 10.5 Å². The first-order valence-electron chi connectivity index (χ1n) is 8.27. The van der Waals surface area contributed by atoms with E-state index in [9.17, 15) is 4.79 Å². The van der Waals surface area contributed by atoms with E-state index in [0.717, 1.165) is 11.3 Å². The maximum atomic E-state index is 11.2. The number of amides is 1. The summed E-state index contributed by atoms with van der Waals surface area (Å²) >= 11 is 0. The summed E-state index contributed by atoms with van der Waals surface area (Å²) in [6.45, 7) is 1.78. The first kappa shape index (κ1) is 19.1. The Morgan fingerprint density at radius 3 is 2.42 bits per heavy atom. The Hall–Kier alpha value is -3.22. The van der Waals surface area contributed by atoms with Crippen LogP contribution >= 0.6 is 0 Å². The molecule has 0 aliphatic carbocycles. The van der Waals surface area contributed by atoms with Gasteiger partial charge in [-0.05, 0) is 29.8 Å². The highest BCUT2D eigenvalue weighted by Crippen LogP contribution is 2.10. The van der Waals surface area contributed by atoms with Crippen molar-refractivity contribution in [3.8, 4) is 5.75 Å². The summed E-state index contributed by atoms with van der Waals surface area (Å²) in [5, 5.41) is 9.03. The number of benzene rings is 2. The SMILES string of the molecule is CN=C(NCCOc1ccccc1)NCc1ccc(NC(=O)OC)cc1. The molecule has 26 heavy (non-hydrogen) atoms. The van der Waals surface area contributed by atoms with Gasteiger partial charge in [-0.15, -0.1) is 0 Å². The molecular formula is C19H24N4O3. The number of nitrogens with one attached hydrogen (secondary N) is 3. The molecule has 2 aromatic carbocycles. The predicted molar refractivity (Wildman–Crippen MR) is 103 cm³/mol. The minimum Gasteiger partial charge on any atom is -0.492 e. The van der Waals surface area contributed by atoms with Crippen molar-refractivity contribution >= 4 is 17.7 Å². The van der Waals surface area contributed by atoms with E-state index < -0.39 is 6.09 Å². The van der Waals surface area contributed by atoms with E-state index in [-0.39, 0.29) is 0 Å². The first-order chi connectivity index (χ1) is 12.7. The number of nitrogens with zero attached hydrogens (tertiary/aromatic N) is 1. The summed E-state index contributed by atoms with van der Waals surface area (Å²) in [6, 6.07) is 17.2. The number of guanidine groups is 1. The zero-order chi connectivity index (χ0) is 18.6. The van der Waals surface area contributed by atoms with E-state index in [1.54, 1.807) is 7.05 Å². The Morgan fingerprint density at radius 2 is 1.77 bits per heavy atom. The van der Waals surface area contributed by atoms with Gasteiger partial charge >= 0.3 is 6.09 Å². The predicted octanol–water partition coefficient (Wildman–Crippen LogP) is 2.61. The first-order valence-corrected chi connectivity index (χ1v) is 8.27. The molecule has 0 spiro atoms. The van der Waals surface area contributed by atoms with E-state index in [0.29, 0.717) is 31.3 Å². The van der Waals surface area contributed by atoms with Crippen molar-refractivity contribution in [3.05, 3.63) is 60.2 Å². The molecule has 0 fully saturated rings. The smallest absolute Gasteiger partial charge is 0.411 e. The van der Waals surface area contributed by atoms with E-state index in [1.807, 2.05) is 54.6 Å². The molecular weight excluding hydrogens is 332 g/mol. The second-order valence-corrected chi connectivity index (χ2v) is 5.33. The monoisotopic (exact) mass is 356 g/mol. The number of carbonyl (C=O) groups excluding carboxylic acids is 1. The van der Waals surface area contributed by atoms with Crippen LogP contribution in [0, 0.1) is 0 Å². The third-order valence-electron chi connectivity index (χ3n) is 3.48. The van der Waals surface area contributed by atoms with Crippen molar-refractivity contribution in [1.82, 2.24) is 10.6 Å². The quantitative estimate of drug-likeness (QED) is 0.403. The zero-order valence-corrected chi connectivity index (χ0v) is 15.0. The van der Waals surface area contributed by atoms with Crippen LogP contribution < -0.4 is 20.7 Å². The number of para-hydroxylation sites is 1. The van der Waals surface area contributed by atoms with Gasteiger partial charge in [-0.25, -0.2) is 4.79 Å². The molecule has 0 atom stereocenters. The normalized spacial score (nSPS) is 10.8. The summed E-state index contributed by atoms with van der Waals surface area (Å²) in [7, 11) is 3.05. The van der Waals surface area contributed by atoms with Crippen molar-refractivity contribution < 1.29 is 14.3 Å². The number of anilines is 1. The van der Waals surface area contributed by atoms with E-state index >= 15 is 0 Å². The molecule has 0 aliphatic rings. The highest BCUT2D eigenvalue weighted by molar-refractivity contribution is 5.84. The molecule has 2 aromatic rings. The van der Waals surface area contributed by atoms with Crippen molar-refractivity contribution in [3.63, 3.8) is 0 Å². The van der Waals surface area contributed by atoms with Gasteiger partial charge in [0.1, 0.15) is 12.4 Å². The number of aliphatic imine (C=N–C) groups is 1. The second kappa shape index (κ2) is 10.6. The van der Waals surface area contributed by atoms with Gasteiger partial charge in [-0.1, -0.05) is 30.3 Å². The van der Waals surface area contributed by atoms with E-state index in [1.165, 1.54) is 7.11 Å². The van der Waals surface area contributed by atoms with Crippen molar-refractivity contribution in [2.45, 2.75) is 6.54 Å². The lowest BCUT2D eigenvalue weighted by Crippen LogP contribution is -2.38. The summed E-state index contributed by atoms with van der Waals surface area (Å²) in [4.78, 5) is 15.3. The van der Waals surface area contributed by atoms with Crippen LogP contribution in [0.3, 0.4) is 0 Å². The fraction of sp³-hybridized carbons (Fsp3) is 0.263. The third-order valence-corrected chi connectivity index (χ3v) is 3.48. The summed E-state index contributed by atoms with van der Waals surface area (Å²) in [5.74, 6) is 1.54. The molecule has 0 unspecified atom stereocenters. The maximum Gasteiger partial charge on any atom is 0.411 e. The van der Waals surface area contributed by atoms with Crippen molar-refractivity contribution in [2.24, 2.45) is 4.99 Å². The van der Waals surface area contributed by atoms with Gasteiger partial charge in [0.2, 0.25) is 0 Å². The number of hydrogen-bond donors (Lipinski definition) is 3. The van der Waals surface area contributed by atoms with Crippen LogP contribution in [0.5, 0.6) is 5.75 Å². The van der Waals surface area contributed by atoms with Crippen molar-refractivity contribution in [1.29, 1.82) is 0 Å². The molecule has 1 amide bonds. The van der Waals surface area contributed by atoms with Gasteiger partial charge in [-0.2, -0.15) is 0 Å². The second-order valence-electron chi connectivity index (χ2n) is 5.33. The zero-order valence-electron chi connectivity index (χ0n) is 15.0. The Labute approximate surface area is 153 Å². The molecule has 0 saturated heterocycles. The fourth-order valence-electron chi connectivity index (χ4n) is 2.14. The standard InChI is InChI=1S/C19H24N4O3/c1-20-18(21-12-13-26-17-6-4-3-5-7-17)22-14-15-8-10-16(11-9-15)23-19(24)25-2/h3-11H,12-14H2,1-2H3,(H,23,24)(H2,20,21,22). The molecule has 7 nitrogen and oxygen atoms in total. The summed E-state index contributed by atoms with van der Waals surface area (Å²) < 4.78 is 10.2. The average Bonchev–Trinajstić information content (AvgIpc) is 2.69. The third kappa shape index (κ3) is 6.72. The van der Waals surface area contributed by atoms with Gasteiger partial charge in [0.15, 0.2) is 5.96 Å². The molecule has 3 N–H and O–H groups in total. The van der Waals surface area contributed by atoms with Gasteiger partial charge in [0.25, 0.3) is 0 Å². The van der Waals surface area contributed by atoms with Crippen LogP contribution in [0.25, 0.3) is 0 Å². The molecule has 138 valence electrons.